The molecule has 1 aromatic heterocycles. The molecule has 0 aliphatic heterocycles. The van der Waals surface area contributed by atoms with Crippen LogP contribution in [0.5, 0.6) is 5.88 Å². The predicted molar refractivity (Wildman–Crippen MR) is 123 cm³/mol. The van der Waals surface area contributed by atoms with Crippen LogP contribution in [0.1, 0.15) is 0 Å². The van der Waals surface area contributed by atoms with Crippen molar-refractivity contribution < 1.29 is 5.11 Å². The third-order valence-corrected chi connectivity index (χ3v) is 6.24. The van der Waals surface area contributed by atoms with Crippen molar-refractivity contribution in [3.8, 4) is 28.5 Å². The lowest BCUT2D eigenvalue weighted by Gasteiger charge is -2.09. The van der Waals surface area contributed by atoms with Crippen LogP contribution in [0.25, 0.3) is 22.6 Å². The zero-order chi connectivity index (χ0) is 20.7. The fourth-order valence-corrected chi connectivity index (χ4v) is 4.04. The van der Waals surface area contributed by atoms with E-state index >= 15 is 0 Å². The van der Waals surface area contributed by atoms with Crippen molar-refractivity contribution >= 4 is 58.6 Å². The summed E-state index contributed by atoms with van der Waals surface area (Å²) in [5, 5.41) is 12.8. The highest BCUT2D eigenvalue weighted by Gasteiger charge is 2.22. The molecule has 0 unspecified atom stereocenters. The number of nitrogens with zero attached hydrogens (tertiary/aromatic N) is 2. The summed E-state index contributed by atoms with van der Waals surface area (Å²) in [4.78, 5) is 0. The molecule has 0 saturated carbocycles. The Kier molecular flexibility index (Phi) is 5.65. The molecule has 0 amide bonds. The summed E-state index contributed by atoms with van der Waals surface area (Å²) in [7, 11) is 0. The van der Waals surface area contributed by atoms with E-state index in [4.69, 9.17) is 58.6 Å². The highest BCUT2D eigenvalue weighted by molar-refractivity contribution is 7.71. The first-order valence-electron chi connectivity index (χ1n) is 8.41. The Bertz CT molecular complexity index is 1280. The third-order valence-electron chi connectivity index (χ3n) is 4.40. The molecule has 1 N–H and O–H groups in total. The van der Waals surface area contributed by atoms with Crippen molar-refractivity contribution in [2.75, 3.05) is 0 Å². The van der Waals surface area contributed by atoms with Crippen LogP contribution in [-0.4, -0.2) is 14.2 Å². The summed E-state index contributed by atoms with van der Waals surface area (Å²) in [5.74, 6) is -0.0364. The van der Waals surface area contributed by atoms with Crippen LogP contribution in [0.2, 0.25) is 20.1 Å². The van der Waals surface area contributed by atoms with Gasteiger partial charge >= 0.3 is 0 Å². The standard InChI is InChI=1S/C21H12Cl4N2OS/c22-15-8-6-13(10-17(15)24)26-19(12-4-2-1-3-5-12)20(28)27(21(26)29)14-7-9-16(23)18(25)11-14/h1-11,28H. The number of hydrogen-bond donors (Lipinski definition) is 1. The van der Waals surface area contributed by atoms with E-state index in [0.717, 1.165) is 5.56 Å². The second kappa shape index (κ2) is 8.05. The Morgan fingerprint density at radius 1 is 0.655 bits per heavy atom. The van der Waals surface area contributed by atoms with Gasteiger partial charge in [0, 0.05) is 5.56 Å². The topological polar surface area (TPSA) is 30.1 Å². The third kappa shape index (κ3) is 3.67. The minimum Gasteiger partial charge on any atom is -0.493 e. The summed E-state index contributed by atoms with van der Waals surface area (Å²) in [6, 6.07) is 19.6. The lowest BCUT2D eigenvalue weighted by molar-refractivity contribution is 0.444. The molecule has 0 radical (unpaired) electrons. The first kappa shape index (κ1) is 20.3. The van der Waals surface area contributed by atoms with Gasteiger partial charge in [0.25, 0.3) is 0 Å². The fraction of sp³-hybridized carbons (Fsp3) is 0. The molecule has 146 valence electrons. The van der Waals surface area contributed by atoms with Crippen molar-refractivity contribution in [2.45, 2.75) is 0 Å². The van der Waals surface area contributed by atoms with Crippen LogP contribution in [0.4, 0.5) is 0 Å². The molecule has 0 saturated heterocycles. The van der Waals surface area contributed by atoms with Gasteiger partial charge in [-0.25, -0.2) is 0 Å². The molecule has 0 aliphatic rings. The van der Waals surface area contributed by atoms with E-state index in [9.17, 15) is 5.11 Å². The van der Waals surface area contributed by atoms with Gasteiger partial charge in [-0.15, -0.1) is 0 Å². The van der Waals surface area contributed by atoms with Gasteiger partial charge in [0.2, 0.25) is 5.88 Å². The van der Waals surface area contributed by atoms with Crippen LogP contribution in [0, 0.1) is 4.77 Å². The number of benzene rings is 3. The van der Waals surface area contributed by atoms with Crippen molar-refractivity contribution in [3.05, 3.63) is 91.6 Å². The van der Waals surface area contributed by atoms with Gasteiger partial charge in [-0.3, -0.25) is 9.13 Å². The Morgan fingerprint density at radius 2 is 1.17 bits per heavy atom. The second-order valence-corrected chi connectivity index (χ2v) is 8.18. The van der Waals surface area contributed by atoms with Crippen molar-refractivity contribution in [3.63, 3.8) is 0 Å². The Balaban J connectivity index is 2.07. The van der Waals surface area contributed by atoms with E-state index in [0.29, 0.717) is 41.9 Å². The van der Waals surface area contributed by atoms with E-state index in [1.807, 2.05) is 30.3 Å². The maximum Gasteiger partial charge on any atom is 0.223 e. The first-order valence-corrected chi connectivity index (χ1v) is 10.3. The van der Waals surface area contributed by atoms with Gasteiger partial charge in [-0.05, 0) is 48.6 Å². The first-order chi connectivity index (χ1) is 13.9. The summed E-state index contributed by atoms with van der Waals surface area (Å²) in [5.41, 5.74) is 2.54. The number of imidazole rings is 1. The van der Waals surface area contributed by atoms with Crippen LogP contribution in [0.15, 0.2) is 66.7 Å². The number of rotatable bonds is 3. The Morgan fingerprint density at radius 3 is 1.69 bits per heavy atom. The van der Waals surface area contributed by atoms with Crippen molar-refractivity contribution in [1.82, 2.24) is 9.13 Å². The molecule has 3 nitrogen and oxygen atoms in total. The molecule has 1 heterocycles. The number of aromatic nitrogens is 2. The molecule has 3 aromatic carbocycles. The quantitative estimate of drug-likeness (QED) is 0.300. The number of hydrogen-bond acceptors (Lipinski definition) is 2. The van der Waals surface area contributed by atoms with Gasteiger partial charge < -0.3 is 5.11 Å². The van der Waals surface area contributed by atoms with Crippen LogP contribution < -0.4 is 0 Å². The minimum atomic E-state index is -0.0364. The average molecular weight is 482 g/mol. The minimum absolute atomic E-state index is 0.0364. The fourth-order valence-electron chi connectivity index (χ4n) is 3.07. The lowest BCUT2D eigenvalue weighted by Crippen LogP contribution is -1.99. The molecular formula is C21H12Cl4N2OS. The van der Waals surface area contributed by atoms with Crippen LogP contribution in [-0.2, 0) is 0 Å². The zero-order valence-electron chi connectivity index (χ0n) is 14.6. The molecule has 4 aromatic rings. The van der Waals surface area contributed by atoms with E-state index in [1.54, 1.807) is 41.0 Å². The number of halogens is 4. The molecule has 0 spiro atoms. The molecule has 8 heteroatoms. The summed E-state index contributed by atoms with van der Waals surface area (Å²) >= 11 is 30.3. The van der Waals surface area contributed by atoms with Gasteiger partial charge in [0.15, 0.2) is 4.77 Å². The van der Waals surface area contributed by atoms with Gasteiger partial charge in [-0.2, -0.15) is 0 Å². The highest BCUT2D eigenvalue weighted by Crippen LogP contribution is 2.38. The molecule has 0 aliphatic carbocycles. The highest BCUT2D eigenvalue weighted by atomic mass is 35.5. The van der Waals surface area contributed by atoms with Crippen molar-refractivity contribution in [2.24, 2.45) is 0 Å². The average Bonchev–Trinajstić information content (AvgIpc) is 2.97. The second-order valence-electron chi connectivity index (χ2n) is 6.19. The van der Waals surface area contributed by atoms with E-state index in [-0.39, 0.29) is 5.88 Å². The van der Waals surface area contributed by atoms with E-state index in [2.05, 4.69) is 0 Å². The van der Waals surface area contributed by atoms with Gasteiger partial charge in [0.05, 0.1) is 31.5 Å². The van der Waals surface area contributed by atoms with Crippen LogP contribution in [0.3, 0.4) is 0 Å². The molecular weight excluding hydrogens is 470 g/mol. The molecule has 0 atom stereocenters. The lowest BCUT2D eigenvalue weighted by atomic mass is 10.1. The van der Waals surface area contributed by atoms with E-state index < -0.39 is 0 Å². The van der Waals surface area contributed by atoms with E-state index in [1.165, 1.54) is 4.57 Å². The monoisotopic (exact) mass is 480 g/mol. The van der Waals surface area contributed by atoms with Gasteiger partial charge in [0.1, 0.15) is 5.69 Å². The maximum absolute atomic E-state index is 11.2. The Hall–Kier alpha value is -1.95. The Labute approximate surface area is 192 Å². The predicted octanol–water partition coefficient (Wildman–Crippen LogP) is 7.98. The maximum atomic E-state index is 11.2. The molecule has 0 bridgehead atoms. The zero-order valence-corrected chi connectivity index (χ0v) is 18.5. The summed E-state index contributed by atoms with van der Waals surface area (Å²) < 4.78 is 3.60. The number of aromatic hydroxyl groups is 1. The van der Waals surface area contributed by atoms with Crippen LogP contribution >= 0.6 is 58.6 Å². The largest absolute Gasteiger partial charge is 0.493 e. The smallest absolute Gasteiger partial charge is 0.223 e. The van der Waals surface area contributed by atoms with Crippen molar-refractivity contribution in [1.29, 1.82) is 0 Å². The van der Waals surface area contributed by atoms with Gasteiger partial charge in [-0.1, -0.05) is 76.7 Å². The normalized spacial score (nSPS) is 11.0. The molecule has 4 rings (SSSR count). The summed E-state index contributed by atoms with van der Waals surface area (Å²) in [6.07, 6.45) is 0. The molecule has 29 heavy (non-hydrogen) atoms. The summed E-state index contributed by atoms with van der Waals surface area (Å²) in [6.45, 7) is 0. The molecule has 0 fully saturated rings. The SMILES string of the molecule is Oc1c(-c2ccccc2)n(-c2ccc(Cl)c(Cl)c2)c(=S)n1-c1ccc(Cl)c(Cl)c1.